The summed E-state index contributed by atoms with van der Waals surface area (Å²) in [5.41, 5.74) is 10.2. The van der Waals surface area contributed by atoms with Crippen molar-refractivity contribution in [1.29, 1.82) is 0 Å². The maximum atomic E-state index is 13.6. The predicted octanol–water partition coefficient (Wildman–Crippen LogP) is 4.47. The Bertz CT molecular complexity index is 1380. The van der Waals surface area contributed by atoms with E-state index in [0.29, 0.717) is 16.7 Å². The Balaban J connectivity index is 1.59. The molecule has 1 unspecified atom stereocenters. The van der Waals surface area contributed by atoms with Gasteiger partial charge in [0.2, 0.25) is 0 Å². The normalized spacial score (nSPS) is 12.5. The zero-order chi connectivity index (χ0) is 20.8. The minimum absolute atomic E-state index is 0.250. The quantitative estimate of drug-likeness (QED) is 0.463. The summed E-state index contributed by atoms with van der Waals surface area (Å²) in [5.74, 6) is 1.13. The second-order valence-electron chi connectivity index (χ2n) is 7.17. The number of H-pyrrole nitrogens is 1. The lowest BCUT2D eigenvalue weighted by Gasteiger charge is -2.19. The molecule has 0 spiro atoms. The molecule has 0 fully saturated rings. The van der Waals surface area contributed by atoms with Crippen LogP contribution in [-0.4, -0.2) is 24.7 Å². The van der Waals surface area contributed by atoms with E-state index in [1.165, 1.54) is 12.1 Å². The number of aryl methyl sites for hydroxylation is 1. The first-order chi connectivity index (χ1) is 14.5. The number of hydrogen-bond acceptors (Lipinski definition) is 5. The van der Waals surface area contributed by atoms with Crippen LogP contribution in [0.2, 0.25) is 0 Å². The molecule has 30 heavy (non-hydrogen) atoms. The minimum atomic E-state index is -0.382. The first-order valence-electron chi connectivity index (χ1n) is 9.50. The molecule has 0 aliphatic heterocycles. The van der Waals surface area contributed by atoms with Crippen LogP contribution in [0.25, 0.3) is 27.6 Å². The third kappa shape index (κ3) is 3.12. The van der Waals surface area contributed by atoms with Crippen LogP contribution < -0.4 is 10.5 Å². The number of aromatic nitrogens is 5. The Hall–Kier alpha value is -3.94. The van der Waals surface area contributed by atoms with Crippen LogP contribution in [0.1, 0.15) is 24.4 Å². The Kier molecular flexibility index (Phi) is 4.13. The van der Waals surface area contributed by atoms with Crippen LogP contribution >= 0.6 is 0 Å². The lowest BCUT2D eigenvalue weighted by Crippen LogP contribution is -2.10. The van der Waals surface area contributed by atoms with E-state index in [1.54, 1.807) is 23.0 Å². The number of benzene rings is 2. The zero-order valence-corrected chi connectivity index (χ0v) is 16.4. The summed E-state index contributed by atoms with van der Waals surface area (Å²) in [5, 5.41) is 4.99. The first-order valence-corrected chi connectivity index (χ1v) is 9.50. The third-order valence-electron chi connectivity index (χ3n) is 5.01. The van der Waals surface area contributed by atoms with Crippen LogP contribution in [0.4, 0.5) is 10.2 Å². The number of imidazole rings is 1. The molecule has 7 nitrogen and oxygen atoms in total. The minimum Gasteiger partial charge on any atom is -0.482 e. The van der Waals surface area contributed by atoms with Crippen molar-refractivity contribution in [2.45, 2.75) is 20.0 Å². The fourth-order valence-corrected chi connectivity index (χ4v) is 3.62. The van der Waals surface area contributed by atoms with Gasteiger partial charge in [0.1, 0.15) is 17.7 Å². The first kappa shape index (κ1) is 18.1. The summed E-state index contributed by atoms with van der Waals surface area (Å²) in [6, 6.07) is 11.9. The summed E-state index contributed by atoms with van der Waals surface area (Å²) in [6.07, 6.45) is 3.20. The molecule has 0 saturated heterocycles. The highest BCUT2D eigenvalue weighted by Crippen LogP contribution is 2.33. The lowest BCUT2D eigenvalue weighted by molar-refractivity contribution is 0.227. The van der Waals surface area contributed by atoms with Crippen molar-refractivity contribution >= 4 is 27.8 Å². The average molecular weight is 402 g/mol. The maximum absolute atomic E-state index is 13.6. The Morgan fingerprint density at radius 1 is 1.13 bits per heavy atom. The number of pyridine rings is 1. The van der Waals surface area contributed by atoms with Gasteiger partial charge in [-0.3, -0.25) is 0 Å². The number of hydrogen-bond donors (Lipinski definition) is 2. The lowest BCUT2D eigenvalue weighted by atomic mass is 10.1. The summed E-state index contributed by atoms with van der Waals surface area (Å²) in [7, 11) is 0. The molecule has 150 valence electrons. The number of nitrogen functional groups attached to an aromatic ring is 1. The van der Waals surface area contributed by atoms with Gasteiger partial charge in [0, 0.05) is 23.3 Å². The van der Waals surface area contributed by atoms with E-state index < -0.39 is 0 Å². The van der Waals surface area contributed by atoms with Crippen LogP contribution in [-0.2, 0) is 0 Å². The van der Waals surface area contributed by atoms with Gasteiger partial charge in [0.05, 0.1) is 22.2 Å². The molecule has 0 radical (unpaired) electrons. The number of rotatable bonds is 4. The Labute approximate surface area is 171 Å². The van der Waals surface area contributed by atoms with Crippen molar-refractivity contribution in [3.63, 3.8) is 0 Å². The number of ether oxygens (including phenoxy) is 1. The molecule has 3 heterocycles. The molecular weight excluding hydrogens is 383 g/mol. The number of halogens is 1. The fourth-order valence-electron chi connectivity index (χ4n) is 3.62. The van der Waals surface area contributed by atoms with Gasteiger partial charge in [-0.05, 0) is 56.3 Å². The Morgan fingerprint density at radius 2 is 2.00 bits per heavy atom. The number of fused-ring (bicyclic) bond motifs is 2. The number of nitrogens with zero attached hydrogens (tertiary/aromatic N) is 4. The zero-order valence-electron chi connectivity index (χ0n) is 16.4. The Morgan fingerprint density at radius 3 is 2.80 bits per heavy atom. The smallest absolute Gasteiger partial charge is 0.166 e. The van der Waals surface area contributed by atoms with Crippen molar-refractivity contribution in [3.05, 3.63) is 72.1 Å². The van der Waals surface area contributed by atoms with Crippen LogP contribution in [0.15, 0.2) is 54.9 Å². The van der Waals surface area contributed by atoms with Crippen molar-refractivity contribution < 1.29 is 9.13 Å². The van der Waals surface area contributed by atoms with E-state index in [0.717, 1.165) is 28.1 Å². The molecule has 0 aliphatic carbocycles. The third-order valence-corrected chi connectivity index (χ3v) is 5.01. The van der Waals surface area contributed by atoms with E-state index in [1.807, 2.05) is 38.2 Å². The highest BCUT2D eigenvalue weighted by molar-refractivity contribution is 5.83. The van der Waals surface area contributed by atoms with Gasteiger partial charge in [0.15, 0.2) is 11.6 Å². The molecule has 1 atom stereocenters. The molecule has 0 bridgehead atoms. The van der Waals surface area contributed by atoms with Gasteiger partial charge in [0.25, 0.3) is 0 Å². The summed E-state index contributed by atoms with van der Waals surface area (Å²) >= 11 is 0. The van der Waals surface area contributed by atoms with Gasteiger partial charge in [-0.2, -0.15) is 5.10 Å². The average Bonchev–Trinajstić information content (AvgIpc) is 3.36. The molecule has 0 aliphatic rings. The predicted molar refractivity (Wildman–Crippen MR) is 113 cm³/mol. The van der Waals surface area contributed by atoms with Crippen molar-refractivity contribution in [2.75, 3.05) is 5.73 Å². The van der Waals surface area contributed by atoms with Crippen LogP contribution in [0, 0.1) is 12.7 Å². The van der Waals surface area contributed by atoms with Gasteiger partial charge in [-0.25, -0.2) is 19.0 Å². The SMILES string of the molecule is Cc1nc2cc(-n3cccn3)c(C(C)Oc3cc4cc(F)ccc4nc3N)cc2[nH]1. The standard InChI is InChI=1S/C22H19FN6O/c1-12(30-21-9-14-8-15(23)4-5-17(14)28-22(21)24)16-10-18-19(27-13(2)26-18)11-20(16)29-7-3-6-25-29/h3-12H,1-2H3,(H2,24,28)(H,26,27). The van der Waals surface area contributed by atoms with E-state index in [2.05, 4.69) is 20.1 Å². The highest BCUT2D eigenvalue weighted by Gasteiger charge is 2.19. The molecule has 5 rings (SSSR count). The molecule has 3 aromatic heterocycles. The molecule has 3 N–H and O–H groups in total. The fraction of sp³-hybridized carbons (Fsp3) is 0.136. The summed E-state index contributed by atoms with van der Waals surface area (Å²) in [4.78, 5) is 12.1. The second-order valence-corrected chi connectivity index (χ2v) is 7.17. The molecule has 5 aromatic rings. The van der Waals surface area contributed by atoms with Gasteiger partial charge in [-0.15, -0.1) is 0 Å². The topological polar surface area (TPSA) is 94.6 Å². The summed E-state index contributed by atoms with van der Waals surface area (Å²) in [6.45, 7) is 3.83. The molecule has 0 amide bonds. The molecule has 0 saturated carbocycles. The molecular formula is C22H19FN6O. The summed E-state index contributed by atoms with van der Waals surface area (Å²) < 4.78 is 21.6. The van der Waals surface area contributed by atoms with E-state index in [-0.39, 0.29) is 17.7 Å². The number of aromatic amines is 1. The van der Waals surface area contributed by atoms with Crippen LogP contribution in [0.3, 0.4) is 0 Å². The highest BCUT2D eigenvalue weighted by atomic mass is 19.1. The number of anilines is 1. The molecule has 8 heteroatoms. The van der Waals surface area contributed by atoms with Gasteiger partial charge < -0.3 is 15.5 Å². The largest absolute Gasteiger partial charge is 0.482 e. The van der Waals surface area contributed by atoms with Crippen molar-refractivity contribution in [1.82, 2.24) is 24.7 Å². The second kappa shape index (κ2) is 6.84. The number of nitrogens with one attached hydrogen (secondary N) is 1. The van der Waals surface area contributed by atoms with Crippen LogP contribution in [0.5, 0.6) is 5.75 Å². The van der Waals surface area contributed by atoms with Crippen molar-refractivity contribution in [3.8, 4) is 11.4 Å². The van der Waals surface area contributed by atoms with E-state index in [9.17, 15) is 4.39 Å². The van der Waals surface area contributed by atoms with E-state index >= 15 is 0 Å². The molecule has 2 aromatic carbocycles. The monoisotopic (exact) mass is 402 g/mol. The van der Waals surface area contributed by atoms with Gasteiger partial charge >= 0.3 is 0 Å². The van der Waals surface area contributed by atoms with E-state index in [4.69, 9.17) is 10.5 Å². The van der Waals surface area contributed by atoms with Gasteiger partial charge in [-0.1, -0.05) is 0 Å². The maximum Gasteiger partial charge on any atom is 0.166 e. The number of nitrogens with two attached hydrogens (primary N) is 1. The van der Waals surface area contributed by atoms with Crippen molar-refractivity contribution in [2.24, 2.45) is 0 Å².